The van der Waals surface area contributed by atoms with Crippen molar-refractivity contribution >= 4 is 17.6 Å². The van der Waals surface area contributed by atoms with Gasteiger partial charge in [0.1, 0.15) is 0 Å². The lowest BCUT2D eigenvalue weighted by molar-refractivity contribution is -0.136. The van der Waals surface area contributed by atoms with E-state index in [2.05, 4.69) is 6.92 Å². The van der Waals surface area contributed by atoms with Crippen molar-refractivity contribution in [3.63, 3.8) is 0 Å². The summed E-state index contributed by atoms with van der Waals surface area (Å²) in [6.07, 6.45) is 8.24. The number of hydrogen-bond acceptors (Lipinski definition) is 1. The third-order valence-electron chi connectivity index (χ3n) is 1.79. The minimum absolute atomic E-state index is 0.222. The highest BCUT2D eigenvalue weighted by molar-refractivity contribution is 6.17. The Bertz CT molecular complexity index is 110. The fraction of sp³-hybridized carbons (Fsp3) is 0.909. The van der Waals surface area contributed by atoms with Crippen LogP contribution in [0.15, 0.2) is 0 Å². The first kappa shape index (κ1) is 16.2. The first-order chi connectivity index (χ1) is 6.68. The Hall–Kier alpha value is -0.240. The van der Waals surface area contributed by atoms with E-state index < -0.39 is 5.97 Å². The molecule has 0 bridgehead atoms. The summed E-state index contributed by atoms with van der Waals surface area (Å²) in [6, 6.07) is 0. The molecule has 0 aliphatic rings. The maximum atomic E-state index is 9.37. The Labute approximate surface area is 92.7 Å². The number of carboxylic acids is 1. The third kappa shape index (κ3) is 22.6. The lowest BCUT2D eigenvalue weighted by Crippen LogP contribution is -1.86. The second-order valence-corrected chi connectivity index (χ2v) is 3.58. The second kappa shape index (κ2) is 15.2. The van der Waals surface area contributed by atoms with Crippen LogP contribution in [0.5, 0.6) is 0 Å². The molecule has 86 valence electrons. The molecule has 0 atom stereocenters. The van der Waals surface area contributed by atoms with Crippen LogP contribution < -0.4 is 0 Å². The van der Waals surface area contributed by atoms with Gasteiger partial charge in [-0.25, -0.2) is 0 Å². The monoisotopic (exact) mass is 222 g/mol. The molecule has 0 saturated carbocycles. The molecule has 0 unspecified atom stereocenters. The van der Waals surface area contributed by atoms with E-state index in [9.17, 15) is 4.79 Å². The Morgan fingerprint density at radius 3 is 1.86 bits per heavy atom. The van der Waals surface area contributed by atoms with Gasteiger partial charge in [0.25, 0.3) is 0 Å². The van der Waals surface area contributed by atoms with Crippen LogP contribution >= 0.6 is 11.6 Å². The summed E-state index contributed by atoms with van der Waals surface area (Å²) in [6.45, 7) is 3.84. The molecule has 0 heterocycles. The molecule has 0 aromatic heterocycles. The Morgan fingerprint density at radius 2 is 1.50 bits per heavy atom. The molecule has 0 spiro atoms. The number of carboxylic acid groups (broad SMARTS) is 1. The van der Waals surface area contributed by atoms with Crippen LogP contribution in [0.25, 0.3) is 0 Å². The summed E-state index contributed by atoms with van der Waals surface area (Å²) in [5, 5.41) is 7.72. The standard InChI is InChI=1S/C8H17Cl.C3H6O2/c1-2-3-4-5-6-7-8-9;1-2-3(4)5/h2-8H2,1H3;2H2,1H3,(H,4,5). The summed E-state index contributed by atoms with van der Waals surface area (Å²) in [4.78, 5) is 9.37. The largest absolute Gasteiger partial charge is 0.481 e. The van der Waals surface area contributed by atoms with E-state index in [1.165, 1.54) is 38.5 Å². The molecular formula is C11H23ClO2. The average Bonchev–Trinajstić information content (AvgIpc) is 2.19. The number of hydrogen-bond donors (Lipinski definition) is 1. The maximum Gasteiger partial charge on any atom is 0.303 e. The quantitative estimate of drug-likeness (QED) is 0.521. The van der Waals surface area contributed by atoms with Crippen LogP contribution in [0.4, 0.5) is 0 Å². The zero-order valence-electron chi connectivity index (χ0n) is 9.39. The number of carbonyl (C=O) groups is 1. The van der Waals surface area contributed by atoms with E-state index in [1.54, 1.807) is 6.92 Å². The molecule has 0 fully saturated rings. The summed E-state index contributed by atoms with van der Waals surface area (Å²) < 4.78 is 0. The van der Waals surface area contributed by atoms with Crippen LogP contribution in [0.1, 0.15) is 58.8 Å². The zero-order valence-corrected chi connectivity index (χ0v) is 10.1. The van der Waals surface area contributed by atoms with Crippen molar-refractivity contribution in [3.8, 4) is 0 Å². The molecule has 0 aliphatic carbocycles. The van der Waals surface area contributed by atoms with Crippen LogP contribution in [0.2, 0.25) is 0 Å². The minimum Gasteiger partial charge on any atom is -0.481 e. The summed E-state index contributed by atoms with van der Waals surface area (Å²) >= 11 is 5.51. The summed E-state index contributed by atoms with van der Waals surface area (Å²) in [7, 11) is 0. The van der Waals surface area contributed by atoms with Crippen LogP contribution in [0, 0.1) is 0 Å². The molecule has 0 radical (unpaired) electrons. The van der Waals surface area contributed by atoms with Gasteiger partial charge in [0.15, 0.2) is 0 Å². The molecule has 3 heteroatoms. The van der Waals surface area contributed by atoms with Crippen molar-refractivity contribution in [2.24, 2.45) is 0 Å². The number of halogens is 1. The van der Waals surface area contributed by atoms with Gasteiger partial charge >= 0.3 is 5.97 Å². The first-order valence-electron chi connectivity index (χ1n) is 5.46. The predicted molar refractivity (Wildman–Crippen MR) is 62.0 cm³/mol. The fourth-order valence-corrected chi connectivity index (χ4v) is 1.06. The maximum absolute atomic E-state index is 9.37. The highest BCUT2D eigenvalue weighted by Gasteiger charge is 1.86. The van der Waals surface area contributed by atoms with Gasteiger partial charge < -0.3 is 5.11 Å². The SMILES string of the molecule is CCC(=O)O.CCCCCCCCCl. The van der Waals surface area contributed by atoms with E-state index in [0.717, 1.165) is 5.88 Å². The zero-order chi connectivity index (χ0) is 11.2. The smallest absolute Gasteiger partial charge is 0.303 e. The average molecular weight is 223 g/mol. The van der Waals surface area contributed by atoms with Gasteiger partial charge in [0.2, 0.25) is 0 Å². The number of rotatable bonds is 7. The molecule has 0 aromatic carbocycles. The summed E-state index contributed by atoms with van der Waals surface area (Å²) in [5.41, 5.74) is 0. The fourth-order valence-electron chi connectivity index (χ4n) is 0.875. The van der Waals surface area contributed by atoms with Crippen LogP contribution in [-0.4, -0.2) is 17.0 Å². The van der Waals surface area contributed by atoms with E-state index in [-0.39, 0.29) is 6.42 Å². The molecule has 0 aromatic rings. The molecule has 0 rings (SSSR count). The van der Waals surface area contributed by atoms with Gasteiger partial charge in [-0.2, -0.15) is 0 Å². The molecular weight excluding hydrogens is 200 g/mol. The van der Waals surface area contributed by atoms with Crippen molar-refractivity contribution in [1.29, 1.82) is 0 Å². The van der Waals surface area contributed by atoms with Gasteiger partial charge in [-0.1, -0.05) is 46.0 Å². The molecule has 1 N–H and O–H groups in total. The molecule has 0 amide bonds. The van der Waals surface area contributed by atoms with Gasteiger partial charge in [0.05, 0.1) is 0 Å². The van der Waals surface area contributed by atoms with E-state index in [4.69, 9.17) is 16.7 Å². The normalized spacial score (nSPS) is 9.07. The van der Waals surface area contributed by atoms with Gasteiger partial charge in [-0.3, -0.25) is 4.79 Å². The van der Waals surface area contributed by atoms with Crippen LogP contribution in [0.3, 0.4) is 0 Å². The van der Waals surface area contributed by atoms with Crippen molar-refractivity contribution in [1.82, 2.24) is 0 Å². The number of aliphatic carboxylic acids is 1. The Balaban J connectivity index is 0. The minimum atomic E-state index is -0.745. The van der Waals surface area contributed by atoms with Gasteiger partial charge in [-0.05, 0) is 6.42 Å². The highest BCUT2D eigenvalue weighted by Crippen LogP contribution is 2.04. The highest BCUT2D eigenvalue weighted by atomic mass is 35.5. The first-order valence-corrected chi connectivity index (χ1v) is 6.00. The van der Waals surface area contributed by atoms with Gasteiger partial charge in [0, 0.05) is 12.3 Å². The molecule has 0 aliphatic heterocycles. The van der Waals surface area contributed by atoms with E-state index in [0.29, 0.717) is 0 Å². The number of alkyl halides is 1. The van der Waals surface area contributed by atoms with Crippen LogP contribution in [-0.2, 0) is 4.79 Å². The molecule has 0 saturated heterocycles. The van der Waals surface area contributed by atoms with Crippen molar-refractivity contribution < 1.29 is 9.90 Å². The van der Waals surface area contributed by atoms with E-state index >= 15 is 0 Å². The second-order valence-electron chi connectivity index (χ2n) is 3.20. The number of unbranched alkanes of at least 4 members (excludes halogenated alkanes) is 5. The van der Waals surface area contributed by atoms with Crippen molar-refractivity contribution in [2.45, 2.75) is 58.8 Å². The molecule has 14 heavy (non-hydrogen) atoms. The van der Waals surface area contributed by atoms with Crippen molar-refractivity contribution in [2.75, 3.05) is 5.88 Å². The Kier molecular flexibility index (Phi) is 17.6. The lowest BCUT2D eigenvalue weighted by Gasteiger charge is -1.95. The predicted octanol–water partition coefficient (Wildman–Crippen LogP) is 4.07. The Morgan fingerprint density at radius 1 is 1.07 bits per heavy atom. The van der Waals surface area contributed by atoms with Crippen molar-refractivity contribution in [3.05, 3.63) is 0 Å². The summed E-state index contributed by atoms with van der Waals surface area (Å²) in [5.74, 6) is 0.0940. The van der Waals surface area contributed by atoms with E-state index in [1.807, 2.05) is 0 Å². The topological polar surface area (TPSA) is 37.3 Å². The van der Waals surface area contributed by atoms with Gasteiger partial charge in [-0.15, -0.1) is 11.6 Å². The third-order valence-corrected chi connectivity index (χ3v) is 2.06. The lowest BCUT2D eigenvalue weighted by atomic mass is 10.1. The molecule has 2 nitrogen and oxygen atoms in total.